The van der Waals surface area contributed by atoms with Crippen molar-refractivity contribution < 1.29 is 4.79 Å². The molecule has 0 bridgehead atoms. The summed E-state index contributed by atoms with van der Waals surface area (Å²) < 4.78 is 0. The molecule has 2 rings (SSSR count). The minimum atomic E-state index is 0.0694. The minimum Gasteiger partial charge on any atom is -0.355 e. The Morgan fingerprint density at radius 1 is 1.88 bits per heavy atom. The molecule has 0 unspecified atom stereocenters. The number of rotatable bonds is 0. The van der Waals surface area contributed by atoms with Gasteiger partial charge in [-0.3, -0.25) is 4.79 Å². The van der Waals surface area contributed by atoms with Crippen LogP contribution in [0.4, 0.5) is 0 Å². The van der Waals surface area contributed by atoms with Gasteiger partial charge >= 0.3 is 0 Å². The van der Waals surface area contributed by atoms with E-state index >= 15 is 0 Å². The molecule has 1 amide bonds. The van der Waals surface area contributed by atoms with Gasteiger partial charge in [0.25, 0.3) is 0 Å². The second-order valence-electron chi connectivity index (χ2n) is 3.03. The number of carbonyl (C=O) groups excluding carboxylic acids is 1. The molecule has 0 radical (unpaired) electrons. The van der Waals surface area contributed by atoms with Crippen LogP contribution in [0.25, 0.3) is 0 Å². The number of carbonyl (C=O) groups is 1. The lowest BCUT2D eigenvalue weighted by Crippen LogP contribution is -2.23. The molecule has 2 fully saturated rings. The molecule has 1 aliphatic heterocycles. The Kier molecular flexibility index (Phi) is 0.504. The number of hydrogen-bond acceptors (Lipinski definition) is 1. The van der Waals surface area contributed by atoms with E-state index in [1.54, 1.807) is 0 Å². The first-order chi connectivity index (χ1) is 3.73. The van der Waals surface area contributed by atoms with E-state index in [0.29, 0.717) is 5.92 Å². The fourth-order valence-corrected chi connectivity index (χ4v) is 1.45. The van der Waals surface area contributed by atoms with Crippen molar-refractivity contribution in [1.82, 2.24) is 5.32 Å². The Morgan fingerprint density at radius 3 is 2.75 bits per heavy atom. The molecule has 2 aliphatic rings. The summed E-state index contributed by atoms with van der Waals surface area (Å²) in [5, 5.41) is 2.82. The van der Waals surface area contributed by atoms with Crippen molar-refractivity contribution in [3.63, 3.8) is 0 Å². The molecule has 1 heterocycles. The molecule has 1 saturated heterocycles. The van der Waals surface area contributed by atoms with E-state index in [0.717, 1.165) is 13.0 Å². The SMILES string of the molecule is C[C@@]12C[C@@H]1CNC2=O. The lowest BCUT2D eigenvalue weighted by molar-refractivity contribution is -0.123. The third kappa shape index (κ3) is 0.288. The first-order valence-electron chi connectivity index (χ1n) is 3.02. The Labute approximate surface area is 48.3 Å². The van der Waals surface area contributed by atoms with Gasteiger partial charge in [-0.1, -0.05) is 6.92 Å². The topological polar surface area (TPSA) is 29.1 Å². The summed E-state index contributed by atoms with van der Waals surface area (Å²) in [6.45, 7) is 2.97. The fraction of sp³-hybridized carbons (Fsp3) is 0.833. The normalized spacial score (nSPS) is 50.6. The van der Waals surface area contributed by atoms with Crippen LogP contribution < -0.4 is 5.32 Å². The largest absolute Gasteiger partial charge is 0.355 e. The molecule has 0 spiro atoms. The van der Waals surface area contributed by atoms with Crippen LogP contribution in [0.15, 0.2) is 0 Å². The van der Waals surface area contributed by atoms with Crippen molar-refractivity contribution in [1.29, 1.82) is 0 Å². The van der Waals surface area contributed by atoms with Gasteiger partial charge in [-0.05, 0) is 12.3 Å². The van der Waals surface area contributed by atoms with Crippen molar-refractivity contribution in [2.24, 2.45) is 11.3 Å². The first-order valence-corrected chi connectivity index (χ1v) is 3.02. The summed E-state index contributed by atoms with van der Waals surface area (Å²) in [5.74, 6) is 0.942. The van der Waals surface area contributed by atoms with E-state index in [9.17, 15) is 4.79 Å². The zero-order chi connectivity index (χ0) is 5.78. The van der Waals surface area contributed by atoms with Crippen LogP contribution in [-0.4, -0.2) is 12.5 Å². The lowest BCUT2D eigenvalue weighted by atomic mass is 10.1. The predicted molar refractivity (Wildman–Crippen MR) is 29.2 cm³/mol. The van der Waals surface area contributed by atoms with E-state index in [1.807, 2.05) is 6.92 Å². The van der Waals surface area contributed by atoms with Crippen molar-refractivity contribution >= 4 is 5.91 Å². The van der Waals surface area contributed by atoms with Gasteiger partial charge in [0.05, 0.1) is 5.41 Å². The smallest absolute Gasteiger partial charge is 0.226 e. The van der Waals surface area contributed by atoms with Crippen molar-refractivity contribution in [3.05, 3.63) is 0 Å². The zero-order valence-corrected chi connectivity index (χ0v) is 4.90. The molecule has 2 nitrogen and oxygen atoms in total. The molecule has 1 N–H and O–H groups in total. The fourth-order valence-electron chi connectivity index (χ4n) is 1.45. The molecular weight excluding hydrogens is 102 g/mol. The van der Waals surface area contributed by atoms with Crippen LogP contribution >= 0.6 is 0 Å². The highest BCUT2D eigenvalue weighted by Gasteiger charge is 2.59. The molecule has 0 aromatic rings. The molecule has 2 atom stereocenters. The van der Waals surface area contributed by atoms with E-state index in [-0.39, 0.29) is 11.3 Å². The third-order valence-corrected chi connectivity index (χ3v) is 2.44. The second-order valence-corrected chi connectivity index (χ2v) is 3.03. The molecule has 1 aliphatic carbocycles. The van der Waals surface area contributed by atoms with Crippen LogP contribution in [0.3, 0.4) is 0 Å². The number of piperidine rings is 1. The zero-order valence-electron chi connectivity index (χ0n) is 4.90. The van der Waals surface area contributed by atoms with E-state index < -0.39 is 0 Å². The number of amides is 1. The van der Waals surface area contributed by atoms with Crippen LogP contribution in [0.2, 0.25) is 0 Å². The van der Waals surface area contributed by atoms with Crippen molar-refractivity contribution in [2.75, 3.05) is 6.54 Å². The second kappa shape index (κ2) is 0.925. The summed E-state index contributed by atoms with van der Waals surface area (Å²) in [7, 11) is 0. The van der Waals surface area contributed by atoms with Gasteiger partial charge < -0.3 is 5.32 Å². The van der Waals surface area contributed by atoms with Gasteiger partial charge in [0, 0.05) is 6.54 Å². The maximum Gasteiger partial charge on any atom is 0.226 e. The van der Waals surface area contributed by atoms with Crippen LogP contribution in [0.1, 0.15) is 13.3 Å². The summed E-state index contributed by atoms with van der Waals surface area (Å²) in [5.41, 5.74) is 0.0694. The minimum absolute atomic E-state index is 0.0694. The predicted octanol–water partition coefficient (Wildman–Crippen LogP) is 0.142. The third-order valence-electron chi connectivity index (χ3n) is 2.44. The Morgan fingerprint density at radius 2 is 2.62 bits per heavy atom. The quantitative estimate of drug-likeness (QED) is 0.473. The summed E-state index contributed by atoms with van der Waals surface area (Å²) >= 11 is 0. The average Bonchev–Trinajstić information content (AvgIpc) is 2.31. The number of hydrogen-bond donors (Lipinski definition) is 1. The monoisotopic (exact) mass is 111 g/mol. The van der Waals surface area contributed by atoms with Gasteiger partial charge in [0.1, 0.15) is 0 Å². The molecule has 0 aromatic carbocycles. The lowest BCUT2D eigenvalue weighted by Gasteiger charge is -1.97. The molecule has 0 aromatic heterocycles. The van der Waals surface area contributed by atoms with Gasteiger partial charge in [-0.2, -0.15) is 0 Å². The molecular formula is C6H9NO. The molecule has 1 saturated carbocycles. The van der Waals surface area contributed by atoms with Crippen LogP contribution in [0, 0.1) is 11.3 Å². The van der Waals surface area contributed by atoms with Gasteiger partial charge in [-0.25, -0.2) is 0 Å². The maximum absolute atomic E-state index is 10.8. The summed E-state index contributed by atoms with van der Waals surface area (Å²) in [6.07, 6.45) is 1.12. The van der Waals surface area contributed by atoms with E-state index in [4.69, 9.17) is 0 Å². The van der Waals surface area contributed by atoms with E-state index in [1.165, 1.54) is 0 Å². The van der Waals surface area contributed by atoms with Gasteiger partial charge in [0.2, 0.25) is 5.91 Å². The summed E-state index contributed by atoms with van der Waals surface area (Å²) in [6, 6.07) is 0. The Bertz CT molecular complexity index is 153. The van der Waals surface area contributed by atoms with Crippen molar-refractivity contribution in [3.8, 4) is 0 Å². The Balaban J connectivity index is 2.31. The standard InChI is InChI=1S/C6H9NO/c1-6-2-4(6)3-7-5(6)8/h4H,2-3H2,1H3,(H,7,8)/t4-,6-/m1/s1. The van der Waals surface area contributed by atoms with Gasteiger partial charge in [0.15, 0.2) is 0 Å². The molecule has 2 heteroatoms. The van der Waals surface area contributed by atoms with E-state index in [2.05, 4.69) is 5.32 Å². The van der Waals surface area contributed by atoms with Gasteiger partial charge in [-0.15, -0.1) is 0 Å². The highest BCUT2D eigenvalue weighted by atomic mass is 16.2. The summed E-state index contributed by atoms with van der Waals surface area (Å²) in [4.78, 5) is 10.8. The average molecular weight is 111 g/mol. The van der Waals surface area contributed by atoms with Crippen LogP contribution in [-0.2, 0) is 4.79 Å². The number of nitrogens with one attached hydrogen (secondary N) is 1. The van der Waals surface area contributed by atoms with Crippen LogP contribution in [0.5, 0.6) is 0 Å². The Hall–Kier alpha value is -0.530. The van der Waals surface area contributed by atoms with Crippen molar-refractivity contribution in [2.45, 2.75) is 13.3 Å². The first kappa shape index (κ1) is 4.36. The highest BCUT2D eigenvalue weighted by Crippen LogP contribution is 2.54. The maximum atomic E-state index is 10.8. The number of fused-ring (bicyclic) bond motifs is 1. The highest BCUT2D eigenvalue weighted by molar-refractivity contribution is 5.88. The molecule has 44 valence electrons. The molecule has 8 heavy (non-hydrogen) atoms.